The minimum Gasteiger partial charge on any atom is -0.459 e. The fraction of sp³-hybridized carbons (Fsp3) is 0.417. The van der Waals surface area contributed by atoms with Crippen molar-refractivity contribution >= 4 is 22.5 Å². The molecular formula is C24H30O3. The summed E-state index contributed by atoms with van der Waals surface area (Å²) in [6.45, 7) is 11.3. The Morgan fingerprint density at radius 1 is 1.11 bits per heavy atom. The van der Waals surface area contributed by atoms with Gasteiger partial charge in [-0.1, -0.05) is 49.4 Å². The van der Waals surface area contributed by atoms with Crippen molar-refractivity contribution < 1.29 is 14.3 Å². The van der Waals surface area contributed by atoms with Crippen molar-refractivity contribution in [2.45, 2.75) is 52.6 Å². The molecule has 2 rings (SSSR count). The zero-order valence-electron chi connectivity index (χ0n) is 16.8. The third kappa shape index (κ3) is 5.78. The second-order valence-electron chi connectivity index (χ2n) is 7.93. The predicted octanol–water partition coefficient (Wildman–Crippen LogP) is 5.97. The molecule has 0 N–H and O–H groups in total. The van der Waals surface area contributed by atoms with Crippen LogP contribution < -0.4 is 0 Å². The van der Waals surface area contributed by atoms with E-state index in [0.29, 0.717) is 11.5 Å². The van der Waals surface area contributed by atoms with Crippen LogP contribution in [0.25, 0.3) is 10.8 Å². The fourth-order valence-corrected chi connectivity index (χ4v) is 3.08. The van der Waals surface area contributed by atoms with Crippen LogP contribution in [-0.4, -0.2) is 17.4 Å². The number of rotatable bonds is 9. The van der Waals surface area contributed by atoms with Crippen LogP contribution in [0.15, 0.2) is 55.1 Å². The van der Waals surface area contributed by atoms with Gasteiger partial charge >= 0.3 is 5.97 Å². The molecular weight excluding hydrogens is 336 g/mol. The first-order valence-corrected chi connectivity index (χ1v) is 9.62. The van der Waals surface area contributed by atoms with Crippen LogP contribution in [0, 0.1) is 11.8 Å². The number of carbonyl (C=O) groups excluding carboxylic acids is 2. The van der Waals surface area contributed by atoms with Crippen molar-refractivity contribution in [1.29, 1.82) is 0 Å². The molecule has 2 atom stereocenters. The maximum Gasteiger partial charge on any atom is 0.317 e. The molecule has 0 saturated heterocycles. The number of hydrogen-bond donors (Lipinski definition) is 0. The quantitative estimate of drug-likeness (QED) is 0.237. The van der Waals surface area contributed by atoms with Gasteiger partial charge in [0.15, 0.2) is 5.78 Å². The van der Waals surface area contributed by atoms with Gasteiger partial charge in [0.25, 0.3) is 0 Å². The van der Waals surface area contributed by atoms with Gasteiger partial charge in [-0.25, -0.2) is 0 Å². The van der Waals surface area contributed by atoms with Crippen LogP contribution in [0.3, 0.4) is 0 Å². The predicted molar refractivity (Wildman–Crippen MR) is 111 cm³/mol. The summed E-state index contributed by atoms with van der Waals surface area (Å²) in [6, 6.07) is 13.4. The van der Waals surface area contributed by atoms with Gasteiger partial charge in [0.2, 0.25) is 0 Å². The molecule has 0 aliphatic rings. The minimum atomic E-state index is -0.822. The zero-order chi connectivity index (χ0) is 20.0. The van der Waals surface area contributed by atoms with Crippen LogP contribution in [0.4, 0.5) is 0 Å². The molecule has 2 aromatic rings. The van der Waals surface area contributed by atoms with Crippen LogP contribution >= 0.6 is 0 Å². The number of hydrogen-bond acceptors (Lipinski definition) is 3. The third-order valence-electron chi connectivity index (χ3n) is 5.00. The molecule has 0 saturated carbocycles. The van der Waals surface area contributed by atoms with E-state index in [0.717, 1.165) is 30.0 Å². The second-order valence-corrected chi connectivity index (χ2v) is 7.93. The van der Waals surface area contributed by atoms with Crippen LogP contribution in [0.1, 0.15) is 57.3 Å². The zero-order valence-corrected chi connectivity index (χ0v) is 16.8. The highest BCUT2D eigenvalue weighted by Gasteiger charge is 2.30. The number of ketones is 1. The summed E-state index contributed by atoms with van der Waals surface area (Å²) in [4.78, 5) is 25.3. The van der Waals surface area contributed by atoms with E-state index >= 15 is 0 Å². The van der Waals surface area contributed by atoms with E-state index in [1.165, 1.54) is 0 Å². The summed E-state index contributed by atoms with van der Waals surface area (Å²) in [5.41, 5.74) is -0.0497. The second kappa shape index (κ2) is 8.98. The highest BCUT2D eigenvalue weighted by Crippen LogP contribution is 2.24. The van der Waals surface area contributed by atoms with E-state index in [1.54, 1.807) is 13.0 Å². The maximum atomic E-state index is 12.7. The van der Waals surface area contributed by atoms with Gasteiger partial charge in [0, 0.05) is 5.56 Å². The van der Waals surface area contributed by atoms with Crippen molar-refractivity contribution in [3.63, 3.8) is 0 Å². The van der Waals surface area contributed by atoms with Gasteiger partial charge < -0.3 is 4.74 Å². The van der Waals surface area contributed by atoms with Crippen LogP contribution in [0.2, 0.25) is 0 Å². The van der Waals surface area contributed by atoms with E-state index in [1.807, 2.05) is 56.3 Å². The summed E-state index contributed by atoms with van der Waals surface area (Å²) in [6.07, 6.45) is 4.65. The summed E-state index contributed by atoms with van der Waals surface area (Å²) in [7, 11) is 0. The van der Waals surface area contributed by atoms with Gasteiger partial charge in [0.1, 0.15) is 11.5 Å². The molecule has 0 aromatic heterocycles. The monoisotopic (exact) mass is 366 g/mol. The Balaban J connectivity index is 2.00. The van der Waals surface area contributed by atoms with E-state index in [4.69, 9.17) is 4.74 Å². The molecule has 0 aliphatic heterocycles. The van der Waals surface area contributed by atoms with Gasteiger partial charge in [0.05, 0.1) is 0 Å². The highest BCUT2D eigenvalue weighted by atomic mass is 16.6. The summed E-state index contributed by atoms with van der Waals surface area (Å²) >= 11 is 0. The molecule has 2 unspecified atom stereocenters. The first kappa shape index (κ1) is 20.9. The van der Waals surface area contributed by atoms with E-state index in [2.05, 4.69) is 13.5 Å². The number of fused-ring (bicyclic) bond motifs is 1. The maximum absolute atomic E-state index is 12.7. The van der Waals surface area contributed by atoms with Crippen LogP contribution in [0.5, 0.6) is 0 Å². The Kier molecular flexibility index (Phi) is 6.95. The van der Waals surface area contributed by atoms with Crippen molar-refractivity contribution in [3.8, 4) is 0 Å². The van der Waals surface area contributed by atoms with Crippen molar-refractivity contribution in [1.82, 2.24) is 0 Å². The summed E-state index contributed by atoms with van der Waals surface area (Å²) in [5.74, 6) is -1.04. The van der Waals surface area contributed by atoms with Crippen molar-refractivity contribution in [3.05, 3.63) is 60.7 Å². The fourth-order valence-electron chi connectivity index (χ4n) is 3.08. The molecule has 2 aromatic carbocycles. The van der Waals surface area contributed by atoms with E-state index < -0.39 is 17.5 Å². The van der Waals surface area contributed by atoms with E-state index in [-0.39, 0.29) is 5.78 Å². The summed E-state index contributed by atoms with van der Waals surface area (Å²) in [5, 5.41) is 2.06. The highest BCUT2D eigenvalue weighted by molar-refractivity contribution is 6.09. The molecule has 0 amide bonds. The molecule has 144 valence electrons. The number of allylic oxidation sites excluding steroid dienone is 1. The Morgan fingerprint density at radius 2 is 1.78 bits per heavy atom. The third-order valence-corrected chi connectivity index (χ3v) is 5.00. The average molecular weight is 367 g/mol. The lowest BCUT2D eigenvalue weighted by molar-refractivity contribution is -0.159. The molecule has 3 nitrogen and oxygen atoms in total. The molecule has 0 spiro atoms. The molecule has 0 fully saturated rings. The van der Waals surface area contributed by atoms with Crippen molar-refractivity contribution in [2.75, 3.05) is 0 Å². The lowest BCUT2D eigenvalue weighted by Crippen LogP contribution is -2.33. The van der Waals surface area contributed by atoms with Gasteiger partial charge in [-0.05, 0) is 62.8 Å². The Hall–Kier alpha value is -2.42. The average Bonchev–Trinajstić information content (AvgIpc) is 2.65. The molecule has 0 heterocycles. The van der Waals surface area contributed by atoms with Gasteiger partial charge in [-0.3, -0.25) is 9.59 Å². The number of Topliss-reactive ketones (excluding diaryl/α,β-unsaturated/α-hetero) is 1. The standard InChI is InChI=1S/C24H30O3/c1-6-17(2)10-9-15-24(4,5)27-23(26)18(3)22(25)21-14-13-19-11-7-8-12-20(19)16-21/h6-8,11-14,16-18H,1,9-10,15H2,2-5H3. The lowest BCUT2D eigenvalue weighted by atomic mass is 9.95. The first-order valence-electron chi connectivity index (χ1n) is 9.62. The van der Waals surface area contributed by atoms with Gasteiger partial charge in [-0.2, -0.15) is 0 Å². The molecule has 27 heavy (non-hydrogen) atoms. The smallest absolute Gasteiger partial charge is 0.317 e. The molecule has 0 aliphatic carbocycles. The SMILES string of the molecule is C=CC(C)CCCC(C)(C)OC(=O)C(C)C(=O)c1ccc2ccccc2c1. The van der Waals surface area contributed by atoms with E-state index in [9.17, 15) is 9.59 Å². The topological polar surface area (TPSA) is 43.4 Å². The lowest BCUT2D eigenvalue weighted by Gasteiger charge is -2.27. The van der Waals surface area contributed by atoms with Crippen LogP contribution in [-0.2, 0) is 9.53 Å². The molecule has 0 bridgehead atoms. The Morgan fingerprint density at radius 3 is 2.44 bits per heavy atom. The first-order chi connectivity index (χ1) is 12.7. The number of carbonyl (C=O) groups is 2. The largest absolute Gasteiger partial charge is 0.459 e. The number of esters is 1. The number of benzene rings is 2. The number of ether oxygens (including phenoxy) is 1. The van der Waals surface area contributed by atoms with Gasteiger partial charge in [-0.15, -0.1) is 6.58 Å². The molecule has 0 radical (unpaired) electrons. The molecule has 3 heteroatoms. The van der Waals surface area contributed by atoms with Crippen molar-refractivity contribution in [2.24, 2.45) is 11.8 Å². The normalized spacial score (nSPS) is 13.8. The summed E-state index contributed by atoms with van der Waals surface area (Å²) < 4.78 is 5.66. The Bertz CT molecular complexity index is 819. The Labute approximate surface area is 162 Å². The minimum absolute atomic E-state index is 0.207.